The highest BCUT2D eigenvalue weighted by molar-refractivity contribution is 7.99. The first-order valence-corrected chi connectivity index (χ1v) is 16.1. The van der Waals surface area contributed by atoms with Crippen molar-refractivity contribution in [2.24, 2.45) is 0 Å². The number of esters is 1. The molecular weight excluding hydrogens is 620 g/mol. The lowest BCUT2D eigenvalue weighted by atomic mass is 9.97. The van der Waals surface area contributed by atoms with Crippen LogP contribution >= 0.6 is 11.8 Å². The molecule has 3 aromatic carbocycles. The van der Waals surface area contributed by atoms with Gasteiger partial charge in [-0.2, -0.15) is 0 Å². The third-order valence-corrected chi connectivity index (χ3v) is 8.84. The van der Waals surface area contributed by atoms with Crippen molar-refractivity contribution < 1.29 is 38.8 Å². The molecule has 3 N–H and O–H groups in total. The number of thioether (sulfide) groups is 1. The number of amides is 1. The lowest BCUT2D eigenvalue weighted by Gasteiger charge is -2.36. The highest BCUT2D eigenvalue weighted by atomic mass is 32.2. The number of rotatable bonds is 12. The number of ether oxygens (including phenoxy) is 3. The van der Waals surface area contributed by atoms with Gasteiger partial charge in [-0.15, -0.1) is 11.8 Å². The van der Waals surface area contributed by atoms with E-state index in [4.69, 9.17) is 14.2 Å². The number of pyridine rings is 1. The smallest absolute Gasteiger partial charge is 0.338 e. The molecule has 244 valence electrons. The molecule has 1 amide bonds. The summed E-state index contributed by atoms with van der Waals surface area (Å²) in [4.78, 5) is 39.6. The van der Waals surface area contributed by atoms with Crippen LogP contribution in [0.25, 0.3) is 11.1 Å². The summed E-state index contributed by atoms with van der Waals surface area (Å²) in [5.74, 6) is -1.47. The van der Waals surface area contributed by atoms with E-state index in [0.717, 1.165) is 33.4 Å². The van der Waals surface area contributed by atoms with Gasteiger partial charge in [0.2, 0.25) is 0 Å². The number of nitrogens with zero attached hydrogens (tertiary/aromatic N) is 1. The SMILES string of the molecule is CC(=O)OC(C)C(=O)NCc1ccccc1-c1ccc(C2OC(CSc3ncccc3C(=O)O)CC(c3ccc(CO)cc3)O2)cc1. The zero-order valence-corrected chi connectivity index (χ0v) is 26.8. The standard InChI is InChI=1S/C36H36N2O8S/c1-22(44-23(2)40)33(41)38-19-28-6-3-4-7-30(28)25-13-15-27(16-14-25)36-45-29(21-47-34-31(35(42)43)8-5-17-37-34)18-32(46-36)26-11-9-24(20-39)10-12-26/h3-17,22,29,32,36,39H,18-21H2,1-2H3,(H,38,41)(H,42,43). The van der Waals surface area contributed by atoms with E-state index in [1.807, 2.05) is 72.8 Å². The summed E-state index contributed by atoms with van der Waals surface area (Å²) in [5.41, 5.74) is 5.47. The molecule has 4 unspecified atom stereocenters. The van der Waals surface area contributed by atoms with Gasteiger partial charge in [0.15, 0.2) is 12.4 Å². The third kappa shape index (κ3) is 8.83. The monoisotopic (exact) mass is 656 g/mol. The zero-order chi connectivity index (χ0) is 33.3. The first-order chi connectivity index (χ1) is 22.7. The van der Waals surface area contributed by atoms with Crippen LogP contribution in [0.15, 0.2) is 96.2 Å². The number of nitrogens with one attached hydrogen (secondary N) is 1. The van der Waals surface area contributed by atoms with Crippen LogP contribution < -0.4 is 5.32 Å². The Morgan fingerprint density at radius 1 is 0.979 bits per heavy atom. The number of carboxylic acids is 1. The Balaban J connectivity index is 1.34. The van der Waals surface area contributed by atoms with Crippen LogP contribution in [0.5, 0.6) is 0 Å². The van der Waals surface area contributed by atoms with Crippen molar-refractivity contribution in [3.8, 4) is 11.1 Å². The van der Waals surface area contributed by atoms with E-state index in [2.05, 4.69) is 10.3 Å². The van der Waals surface area contributed by atoms with E-state index in [-0.39, 0.29) is 36.8 Å². The average Bonchev–Trinajstić information content (AvgIpc) is 3.09. The summed E-state index contributed by atoms with van der Waals surface area (Å²) < 4.78 is 17.9. The Morgan fingerprint density at radius 2 is 1.70 bits per heavy atom. The average molecular weight is 657 g/mol. The molecule has 4 aromatic rings. The molecule has 0 saturated carbocycles. The molecule has 0 bridgehead atoms. The first-order valence-electron chi connectivity index (χ1n) is 15.2. The fourth-order valence-corrected chi connectivity index (χ4v) is 6.27. The van der Waals surface area contributed by atoms with Crippen molar-refractivity contribution in [1.29, 1.82) is 0 Å². The van der Waals surface area contributed by atoms with Gasteiger partial charge in [-0.1, -0.05) is 72.8 Å². The summed E-state index contributed by atoms with van der Waals surface area (Å²) in [6.45, 7) is 3.00. The molecule has 11 heteroatoms. The third-order valence-electron chi connectivity index (χ3n) is 7.70. The van der Waals surface area contributed by atoms with Crippen molar-refractivity contribution >= 4 is 29.6 Å². The maximum Gasteiger partial charge on any atom is 0.338 e. The second-order valence-electron chi connectivity index (χ2n) is 11.1. The minimum Gasteiger partial charge on any atom is -0.478 e. The maximum absolute atomic E-state index is 12.4. The van der Waals surface area contributed by atoms with Gasteiger partial charge >= 0.3 is 11.9 Å². The van der Waals surface area contributed by atoms with Crippen LogP contribution in [0.1, 0.15) is 65.3 Å². The summed E-state index contributed by atoms with van der Waals surface area (Å²) in [6, 6.07) is 26.3. The molecule has 4 atom stereocenters. The van der Waals surface area contributed by atoms with Crippen LogP contribution in [0.2, 0.25) is 0 Å². The van der Waals surface area contributed by atoms with Crippen molar-refractivity contribution in [1.82, 2.24) is 10.3 Å². The number of hydrogen-bond acceptors (Lipinski definition) is 9. The van der Waals surface area contributed by atoms with Crippen molar-refractivity contribution in [2.45, 2.75) is 63.0 Å². The minimum absolute atomic E-state index is 0.0535. The van der Waals surface area contributed by atoms with E-state index >= 15 is 0 Å². The molecule has 1 aliphatic heterocycles. The van der Waals surface area contributed by atoms with Gasteiger partial charge in [-0.25, -0.2) is 9.78 Å². The number of aliphatic hydroxyl groups excluding tert-OH is 1. The molecule has 5 rings (SSSR count). The van der Waals surface area contributed by atoms with E-state index in [0.29, 0.717) is 17.2 Å². The molecule has 1 aliphatic rings. The molecule has 1 fully saturated rings. The Labute approximate surface area is 277 Å². The van der Waals surface area contributed by atoms with Crippen molar-refractivity contribution in [3.63, 3.8) is 0 Å². The Morgan fingerprint density at radius 3 is 2.40 bits per heavy atom. The molecular formula is C36H36N2O8S. The van der Waals surface area contributed by atoms with E-state index in [9.17, 15) is 24.6 Å². The topological polar surface area (TPSA) is 144 Å². The fraction of sp³-hybridized carbons (Fsp3) is 0.278. The largest absolute Gasteiger partial charge is 0.478 e. The van der Waals surface area contributed by atoms with Crippen LogP contribution in [0.3, 0.4) is 0 Å². The van der Waals surface area contributed by atoms with E-state index in [1.165, 1.54) is 31.7 Å². The van der Waals surface area contributed by atoms with Gasteiger partial charge in [-0.05, 0) is 46.9 Å². The number of aromatic nitrogens is 1. The van der Waals surface area contributed by atoms with Crippen molar-refractivity contribution in [3.05, 3.63) is 119 Å². The second-order valence-corrected chi connectivity index (χ2v) is 12.1. The van der Waals surface area contributed by atoms with Gasteiger partial charge in [0, 0.05) is 37.4 Å². The molecule has 2 heterocycles. The number of carbonyl (C=O) groups excluding carboxylic acids is 2. The maximum atomic E-state index is 12.4. The molecule has 10 nitrogen and oxygen atoms in total. The van der Waals surface area contributed by atoms with Crippen molar-refractivity contribution in [2.75, 3.05) is 5.75 Å². The van der Waals surface area contributed by atoms with Crippen LogP contribution in [0.4, 0.5) is 0 Å². The van der Waals surface area contributed by atoms with Gasteiger partial charge < -0.3 is 29.7 Å². The molecule has 0 radical (unpaired) electrons. The Bertz CT molecular complexity index is 1700. The summed E-state index contributed by atoms with van der Waals surface area (Å²) in [6.07, 6.45) is -0.0334. The summed E-state index contributed by atoms with van der Waals surface area (Å²) >= 11 is 1.33. The first kappa shape index (κ1) is 33.8. The highest BCUT2D eigenvalue weighted by Crippen LogP contribution is 2.40. The fourth-order valence-electron chi connectivity index (χ4n) is 5.27. The molecule has 1 saturated heterocycles. The van der Waals surface area contributed by atoms with Crippen LogP contribution in [-0.4, -0.2) is 51.0 Å². The number of carbonyl (C=O) groups is 3. The van der Waals surface area contributed by atoms with Crippen LogP contribution in [0, 0.1) is 0 Å². The Kier molecular flexibility index (Phi) is 11.4. The highest BCUT2D eigenvalue weighted by Gasteiger charge is 2.32. The number of hydrogen-bond donors (Lipinski definition) is 3. The summed E-state index contributed by atoms with van der Waals surface area (Å²) in [5, 5.41) is 22.4. The summed E-state index contributed by atoms with van der Waals surface area (Å²) in [7, 11) is 0. The number of aliphatic hydroxyl groups is 1. The van der Waals surface area contributed by atoms with Gasteiger partial charge in [0.1, 0.15) is 5.03 Å². The van der Waals surface area contributed by atoms with Gasteiger partial charge in [-0.3, -0.25) is 9.59 Å². The number of aromatic carboxylic acids is 1. The molecule has 0 spiro atoms. The molecule has 0 aliphatic carbocycles. The Hall–Kier alpha value is -4.55. The number of carboxylic acid groups (broad SMARTS) is 1. The predicted octanol–water partition coefficient (Wildman–Crippen LogP) is 5.84. The van der Waals surface area contributed by atoms with Gasteiger partial charge in [0.25, 0.3) is 5.91 Å². The molecule has 1 aromatic heterocycles. The lowest BCUT2D eigenvalue weighted by molar-refractivity contribution is -0.245. The predicted molar refractivity (Wildman–Crippen MR) is 175 cm³/mol. The zero-order valence-electron chi connectivity index (χ0n) is 26.0. The lowest BCUT2D eigenvalue weighted by Crippen LogP contribution is -2.35. The van der Waals surface area contributed by atoms with E-state index < -0.39 is 24.3 Å². The van der Waals surface area contributed by atoms with Gasteiger partial charge in [0.05, 0.1) is 24.4 Å². The number of benzene rings is 3. The van der Waals surface area contributed by atoms with E-state index in [1.54, 1.807) is 12.3 Å². The quantitative estimate of drug-likeness (QED) is 0.126. The second kappa shape index (κ2) is 15.8. The molecule has 47 heavy (non-hydrogen) atoms. The normalized spacial score (nSPS) is 18.2. The minimum atomic E-state index is -1.03. The van der Waals surface area contributed by atoms with Crippen LogP contribution in [-0.2, 0) is 37.0 Å².